The van der Waals surface area contributed by atoms with Crippen molar-refractivity contribution in [1.82, 2.24) is 0 Å². The molecule has 1 heterocycles. The smallest absolute Gasteiger partial charge is 0.324 e. The first-order valence-corrected chi connectivity index (χ1v) is 6.94. The van der Waals surface area contributed by atoms with Crippen LogP contribution in [0.4, 0.5) is 18.9 Å². The summed E-state index contributed by atoms with van der Waals surface area (Å²) in [5.41, 5.74) is -1.29. The Kier molecular flexibility index (Phi) is 2.16. The Labute approximate surface area is 106 Å². The summed E-state index contributed by atoms with van der Waals surface area (Å²) in [6, 6.07) is 2.27. The fourth-order valence-electron chi connectivity index (χ4n) is 2.22. The van der Waals surface area contributed by atoms with Crippen molar-refractivity contribution < 1.29 is 26.4 Å². The van der Waals surface area contributed by atoms with E-state index in [-0.39, 0.29) is 23.4 Å². The number of alkyl halides is 3. The molecule has 4 nitrogen and oxygen atoms in total. The monoisotopic (exact) mass is 291 g/mol. The molecule has 1 aromatic carbocycles. The number of sulfone groups is 1. The van der Waals surface area contributed by atoms with E-state index in [0.29, 0.717) is 12.1 Å². The number of carbonyl (C=O) groups is 1. The summed E-state index contributed by atoms with van der Waals surface area (Å²) in [5, 5.41) is 2.26. The van der Waals surface area contributed by atoms with E-state index in [2.05, 4.69) is 5.32 Å². The van der Waals surface area contributed by atoms with Crippen LogP contribution < -0.4 is 5.32 Å². The molecular formula is C11H8F3NO3S. The zero-order chi connectivity index (χ0) is 14.1. The second-order valence-corrected chi connectivity index (χ2v) is 6.89. The minimum atomic E-state index is -4.59. The Hall–Kier alpha value is -1.57. The molecule has 2 aliphatic rings. The van der Waals surface area contributed by atoms with Gasteiger partial charge in [0.25, 0.3) is 0 Å². The van der Waals surface area contributed by atoms with Crippen molar-refractivity contribution in [2.24, 2.45) is 0 Å². The van der Waals surface area contributed by atoms with Gasteiger partial charge in [-0.05, 0) is 31.0 Å². The zero-order valence-corrected chi connectivity index (χ0v) is 10.2. The summed E-state index contributed by atoms with van der Waals surface area (Å²) < 4.78 is 60.6. The molecule has 0 atom stereocenters. The lowest BCUT2D eigenvalue weighted by Gasteiger charge is -2.25. The van der Waals surface area contributed by atoms with Crippen molar-refractivity contribution in [1.29, 1.82) is 0 Å². The van der Waals surface area contributed by atoms with Crippen LogP contribution in [0, 0.1) is 0 Å². The molecule has 1 aliphatic heterocycles. The number of rotatable bonds is 0. The van der Waals surface area contributed by atoms with Gasteiger partial charge >= 0.3 is 6.18 Å². The van der Waals surface area contributed by atoms with Crippen LogP contribution in [0.25, 0.3) is 0 Å². The van der Waals surface area contributed by atoms with Crippen molar-refractivity contribution >= 4 is 21.4 Å². The van der Waals surface area contributed by atoms with Crippen molar-refractivity contribution in [3.63, 3.8) is 0 Å². The Bertz CT molecular complexity index is 690. The zero-order valence-electron chi connectivity index (χ0n) is 9.41. The Morgan fingerprint density at radius 1 is 1.21 bits per heavy atom. The van der Waals surface area contributed by atoms with E-state index in [0.717, 1.165) is 6.07 Å². The number of carbonyl (C=O) groups excluding carboxylic acids is 1. The first kappa shape index (κ1) is 12.5. The maximum atomic E-state index is 12.5. The molecule has 1 aliphatic carbocycles. The normalized spacial score (nSPS) is 22.8. The van der Waals surface area contributed by atoms with Gasteiger partial charge in [-0.3, -0.25) is 4.79 Å². The number of fused-ring (bicyclic) bond motifs is 1. The average molecular weight is 291 g/mol. The third-order valence-corrected chi connectivity index (χ3v) is 6.03. The highest BCUT2D eigenvalue weighted by molar-refractivity contribution is 7.94. The van der Waals surface area contributed by atoms with E-state index in [1.54, 1.807) is 0 Å². The molecule has 1 aromatic rings. The molecule has 0 radical (unpaired) electrons. The van der Waals surface area contributed by atoms with Gasteiger partial charge in [-0.1, -0.05) is 0 Å². The van der Waals surface area contributed by atoms with Gasteiger partial charge in [-0.25, -0.2) is 8.42 Å². The second-order valence-electron chi connectivity index (χ2n) is 4.66. The second kappa shape index (κ2) is 3.30. The van der Waals surface area contributed by atoms with Gasteiger partial charge in [0, 0.05) is 0 Å². The molecule has 0 aromatic heterocycles. The quantitative estimate of drug-likeness (QED) is 0.795. The van der Waals surface area contributed by atoms with E-state index < -0.39 is 32.2 Å². The average Bonchev–Trinajstić information content (AvgIpc) is 3.07. The highest BCUT2D eigenvalue weighted by atomic mass is 32.2. The molecule has 1 amide bonds. The van der Waals surface area contributed by atoms with E-state index in [4.69, 9.17) is 0 Å². The van der Waals surface area contributed by atoms with Gasteiger partial charge < -0.3 is 5.32 Å². The number of halogens is 3. The summed E-state index contributed by atoms with van der Waals surface area (Å²) in [4.78, 5) is 11.5. The third kappa shape index (κ3) is 1.52. The topological polar surface area (TPSA) is 63.2 Å². The predicted molar refractivity (Wildman–Crippen MR) is 59.2 cm³/mol. The Balaban J connectivity index is 2.20. The molecule has 1 saturated carbocycles. The molecule has 0 unspecified atom stereocenters. The van der Waals surface area contributed by atoms with Crippen LogP contribution in [0.5, 0.6) is 0 Å². The van der Waals surface area contributed by atoms with Gasteiger partial charge in [0.15, 0.2) is 14.6 Å². The lowest BCUT2D eigenvalue weighted by Crippen LogP contribution is -2.42. The highest BCUT2D eigenvalue weighted by Crippen LogP contribution is 2.52. The molecule has 3 rings (SSSR count). The number of amides is 1. The van der Waals surface area contributed by atoms with Crippen molar-refractivity contribution in [2.75, 3.05) is 5.32 Å². The van der Waals surface area contributed by atoms with Crippen molar-refractivity contribution in [3.8, 4) is 0 Å². The summed E-state index contributed by atoms with van der Waals surface area (Å²) >= 11 is 0. The summed E-state index contributed by atoms with van der Waals surface area (Å²) in [7, 11) is -3.90. The first-order valence-electron chi connectivity index (χ1n) is 5.46. The van der Waals surface area contributed by atoms with Gasteiger partial charge in [0.05, 0.1) is 16.1 Å². The van der Waals surface area contributed by atoms with Gasteiger partial charge in [0.2, 0.25) is 5.91 Å². The summed E-state index contributed by atoms with van der Waals surface area (Å²) in [6.07, 6.45) is -4.17. The van der Waals surface area contributed by atoms with Crippen LogP contribution in [0.15, 0.2) is 23.1 Å². The largest absolute Gasteiger partial charge is 0.416 e. The highest BCUT2D eigenvalue weighted by Gasteiger charge is 2.63. The van der Waals surface area contributed by atoms with Crippen molar-refractivity contribution in [3.05, 3.63) is 23.8 Å². The molecule has 0 saturated heterocycles. The number of nitrogens with one attached hydrogen (secondary N) is 1. The SMILES string of the molecule is O=C1Nc2cc(C(F)(F)F)ccc2S(=O)(=O)C12CC2. The molecule has 1 N–H and O–H groups in total. The number of hydrogen-bond donors (Lipinski definition) is 1. The molecule has 1 fully saturated rings. The van der Waals surface area contributed by atoms with Crippen LogP contribution >= 0.6 is 0 Å². The number of hydrogen-bond acceptors (Lipinski definition) is 3. The molecule has 0 bridgehead atoms. The van der Waals surface area contributed by atoms with Gasteiger partial charge in [-0.15, -0.1) is 0 Å². The van der Waals surface area contributed by atoms with Crippen LogP contribution in [0.3, 0.4) is 0 Å². The lowest BCUT2D eigenvalue weighted by molar-refractivity contribution is -0.137. The van der Waals surface area contributed by atoms with E-state index >= 15 is 0 Å². The fraction of sp³-hybridized carbons (Fsp3) is 0.364. The van der Waals surface area contributed by atoms with Crippen LogP contribution in [0.2, 0.25) is 0 Å². The van der Waals surface area contributed by atoms with Crippen LogP contribution in [-0.2, 0) is 20.8 Å². The Morgan fingerprint density at radius 3 is 2.37 bits per heavy atom. The van der Waals surface area contributed by atoms with E-state index in [1.165, 1.54) is 0 Å². The third-order valence-electron chi connectivity index (χ3n) is 3.48. The van der Waals surface area contributed by atoms with Gasteiger partial charge in [0.1, 0.15) is 0 Å². The standard InChI is InChI=1S/C11H8F3NO3S/c12-11(13,14)6-1-2-8-7(5-6)15-9(16)10(3-4-10)19(8,17)18/h1-2,5H,3-4H2,(H,15,16). The molecule has 1 spiro atoms. The van der Waals surface area contributed by atoms with E-state index in [1.807, 2.05) is 0 Å². The fourth-order valence-corrected chi connectivity index (χ4v) is 4.22. The predicted octanol–water partition coefficient (Wildman–Crippen LogP) is 1.96. The summed E-state index contributed by atoms with van der Waals surface area (Å²) in [6.45, 7) is 0. The minimum Gasteiger partial charge on any atom is -0.324 e. The molecule has 8 heteroatoms. The molecule has 102 valence electrons. The summed E-state index contributed by atoms with van der Waals surface area (Å²) in [5.74, 6) is -0.737. The number of benzene rings is 1. The maximum absolute atomic E-state index is 12.5. The van der Waals surface area contributed by atoms with Crippen LogP contribution in [0.1, 0.15) is 18.4 Å². The first-order chi connectivity index (χ1) is 8.68. The molecular weight excluding hydrogens is 283 g/mol. The lowest BCUT2D eigenvalue weighted by atomic mass is 10.2. The maximum Gasteiger partial charge on any atom is 0.416 e. The minimum absolute atomic E-state index is 0.210. The number of anilines is 1. The van der Waals surface area contributed by atoms with Crippen LogP contribution in [-0.4, -0.2) is 19.1 Å². The molecule has 19 heavy (non-hydrogen) atoms. The van der Waals surface area contributed by atoms with Gasteiger partial charge in [-0.2, -0.15) is 13.2 Å². The van der Waals surface area contributed by atoms with Crippen molar-refractivity contribution in [2.45, 2.75) is 28.7 Å². The Morgan fingerprint density at radius 2 is 1.84 bits per heavy atom. The van der Waals surface area contributed by atoms with E-state index in [9.17, 15) is 26.4 Å².